The second kappa shape index (κ2) is 6.96. The second-order valence-corrected chi connectivity index (χ2v) is 6.00. The van der Waals surface area contributed by atoms with E-state index in [0.717, 1.165) is 36.9 Å². The van der Waals surface area contributed by atoms with Crippen molar-refractivity contribution in [1.29, 1.82) is 0 Å². The number of rotatable bonds is 4. The van der Waals surface area contributed by atoms with Crippen LogP contribution in [0.15, 0.2) is 36.7 Å². The molecule has 23 heavy (non-hydrogen) atoms. The fraction of sp³-hybridized carbons (Fsp3) is 0.444. The van der Waals surface area contributed by atoms with Gasteiger partial charge in [0, 0.05) is 24.1 Å². The first-order valence-electron chi connectivity index (χ1n) is 8.07. The van der Waals surface area contributed by atoms with Crippen molar-refractivity contribution in [1.82, 2.24) is 9.55 Å². The number of esters is 1. The maximum atomic E-state index is 12.1. The van der Waals surface area contributed by atoms with E-state index in [4.69, 9.17) is 4.74 Å². The molecule has 1 aliphatic rings. The third-order valence-electron chi connectivity index (χ3n) is 4.68. The van der Waals surface area contributed by atoms with Gasteiger partial charge in [0.05, 0.1) is 19.1 Å². The van der Waals surface area contributed by atoms with E-state index in [1.54, 1.807) is 6.33 Å². The Hall–Kier alpha value is -2.14. The highest BCUT2D eigenvalue weighted by molar-refractivity contribution is 5.94. The number of ether oxygens (including phenoxy) is 1. The smallest absolute Gasteiger partial charge is 0.358 e. The van der Waals surface area contributed by atoms with Gasteiger partial charge in [-0.15, -0.1) is 0 Å². The molecule has 5 nitrogen and oxygen atoms in total. The molecule has 0 bridgehead atoms. The Bertz CT molecular complexity index is 666. The Balaban J connectivity index is 2.10. The lowest BCUT2D eigenvalue weighted by Crippen LogP contribution is -2.26. The van der Waals surface area contributed by atoms with E-state index in [-0.39, 0.29) is 18.6 Å². The van der Waals surface area contributed by atoms with Gasteiger partial charge in [-0.3, -0.25) is 0 Å². The van der Waals surface area contributed by atoms with E-state index >= 15 is 0 Å². The minimum atomic E-state index is -0.432. The Morgan fingerprint density at radius 1 is 1.30 bits per heavy atom. The minimum Gasteiger partial charge on any atom is -0.464 e. The first-order chi connectivity index (χ1) is 11.3. The van der Waals surface area contributed by atoms with Crippen molar-refractivity contribution in [3.05, 3.63) is 42.4 Å². The van der Waals surface area contributed by atoms with Gasteiger partial charge in [-0.25, -0.2) is 9.78 Å². The molecule has 1 N–H and O–H groups in total. The third-order valence-corrected chi connectivity index (χ3v) is 4.68. The van der Waals surface area contributed by atoms with Gasteiger partial charge >= 0.3 is 5.97 Å². The fourth-order valence-corrected chi connectivity index (χ4v) is 3.51. The molecular weight excluding hydrogens is 292 g/mol. The van der Waals surface area contributed by atoms with Crippen LogP contribution < -0.4 is 0 Å². The number of imidazole rings is 1. The van der Waals surface area contributed by atoms with Crippen LogP contribution in [0.1, 0.15) is 42.2 Å². The molecule has 0 saturated heterocycles. The van der Waals surface area contributed by atoms with Gasteiger partial charge in [0.15, 0.2) is 5.69 Å². The van der Waals surface area contributed by atoms with E-state index in [0.29, 0.717) is 5.69 Å². The van der Waals surface area contributed by atoms with Gasteiger partial charge in [0.25, 0.3) is 0 Å². The summed E-state index contributed by atoms with van der Waals surface area (Å²) < 4.78 is 6.95. The van der Waals surface area contributed by atoms with Gasteiger partial charge in [-0.1, -0.05) is 43.2 Å². The predicted octanol–water partition coefficient (Wildman–Crippen LogP) is 3.06. The van der Waals surface area contributed by atoms with Crippen LogP contribution in [0.5, 0.6) is 0 Å². The number of benzene rings is 1. The number of nitrogens with zero attached hydrogens (tertiary/aromatic N) is 2. The van der Waals surface area contributed by atoms with Crippen LogP contribution in [0.2, 0.25) is 0 Å². The molecule has 0 unspecified atom stereocenters. The number of aliphatic hydroxyl groups is 1. The van der Waals surface area contributed by atoms with Crippen molar-refractivity contribution in [3.8, 4) is 11.3 Å². The molecule has 0 radical (unpaired) electrons. The number of aromatic nitrogens is 2. The second-order valence-electron chi connectivity index (χ2n) is 6.00. The monoisotopic (exact) mass is 314 g/mol. The summed E-state index contributed by atoms with van der Waals surface area (Å²) >= 11 is 0. The standard InChI is InChI=1S/C18H22N2O3/c1-23-18(22)16-17(13-7-3-2-4-8-13)20(12-19-16)15-10-6-5-9-14(15)11-21/h2-4,7-8,12,14-15,21H,5-6,9-11H2,1H3/t14-,15-/m1/s1. The third kappa shape index (κ3) is 3.01. The Morgan fingerprint density at radius 3 is 2.74 bits per heavy atom. The highest BCUT2D eigenvalue weighted by atomic mass is 16.5. The van der Waals surface area contributed by atoms with Crippen molar-refractivity contribution in [3.63, 3.8) is 0 Å². The Kier molecular flexibility index (Phi) is 4.76. The number of hydrogen-bond donors (Lipinski definition) is 1. The highest BCUT2D eigenvalue weighted by Gasteiger charge is 2.30. The largest absolute Gasteiger partial charge is 0.464 e. The SMILES string of the molecule is COC(=O)c1ncn([C@@H]2CCCC[C@@H]2CO)c1-c1ccccc1. The zero-order valence-corrected chi connectivity index (χ0v) is 13.3. The molecule has 2 atom stereocenters. The van der Waals surface area contributed by atoms with Crippen molar-refractivity contribution in [2.45, 2.75) is 31.7 Å². The molecule has 1 aliphatic carbocycles. The predicted molar refractivity (Wildman–Crippen MR) is 87.1 cm³/mol. The molecule has 2 aromatic rings. The number of carbonyl (C=O) groups is 1. The van der Waals surface area contributed by atoms with Crippen molar-refractivity contribution in [2.24, 2.45) is 5.92 Å². The average molecular weight is 314 g/mol. The van der Waals surface area contributed by atoms with Crippen molar-refractivity contribution < 1.29 is 14.6 Å². The van der Waals surface area contributed by atoms with Crippen LogP contribution >= 0.6 is 0 Å². The normalized spacial score (nSPS) is 21.1. The molecular formula is C18H22N2O3. The molecule has 0 spiro atoms. The molecule has 1 fully saturated rings. The van der Waals surface area contributed by atoms with Gasteiger partial charge in [-0.2, -0.15) is 0 Å². The summed E-state index contributed by atoms with van der Waals surface area (Å²) in [5, 5.41) is 9.72. The quantitative estimate of drug-likeness (QED) is 0.881. The molecule has 1 heterocycles. The van der Waals surface area contributed by atoms with Gasteiger partial charge < -0.3 is 14.4 Å². The summed E-state index contributed by atoms with van der Waals surface area (Å²) in [5.74, 6) is -0.232. The van der Waals surface area contributed by atoms with E-state index in [1.165, 1.54) is 7.11 Å². The van der Waals surface area contributed by atoms with E-state index < -0.39 is 5.97 Å². The van der Waals surface area contributed by atoms with E-state index in [9.17, 15) is 9.90 Å². The zero-order valence-electron chi connectivity index (χ0n) is 13.3. The molecule has 3 rings (SSSR count). The highest BCUT2D eigenvalue weighted by Crippen LogP contribution is 2.37. The van der Waals surface area contributed by atoms with Gasteiger partial charge in [0.1, 0.15) is 0 Å². The number of hydrogen-bond acceptors (Lipinski definition) is 4. The van der Waals surface area contributed by atoms with Gasteiger partial charge in [-0.05, 0) is 12.8 Å². The van der Waals surface area contributed by atoms with Crippen molar-refractivity contribution in [2.75, 3.05) is 13.7 Å². The summed E-state index contributed by atoms with van der Waals surface area (Å²) in [4.78, 5) is 16.4. The number of carbonyl (C=O) groups excluding carboxylic acids is 1. The molecule has 1 aromatic carbocycles. The summed E-state index contributed by atoms with van der Waals surface area (Å²) in [7, 11) is 1.37. The maximum Gasteiger partial charge on any atom is 0.358 e. The molecule has 1 saturated carbocycles. The summed E-state index contributed by atoms with van der Waals surface area (Å²) in [5.41, 5.74) is 2.05. The molecule has 122 valence electrons. The number of aliphatic hydroxyl groups excluding tert-OH is 1. The topological polar surface area (TPSA) is 64.3 Å². The maximum absolute atomic E-state index is 12.1. The molecule has 0 aliphatic heterocycles. The lowest BCUT2D eigenvalue weighted by atomic mass is 9.84. The molecule has 1 aromatic heterocycles. The van der Waals surface area contributed by atoms with Crippen LogP contribution in [0, 0.1) is 5.92 Å². The molecule has 0 amide bonds. The van der Waals surface area contributed by atoms with Gasteiger partial charge in [0.2, 0.25) is 0 Å². The molecule has 5 heteroatoms. The number of methoxy groups -OCH3 is 1. The van der Waals surface area contributed by atoms with E-state index in [1.807, 2.05) is 30.3 Å². The van der Waals surface area contributed by atoms with Crippen LogP contribution in [-0.4, -0.2) is 34.3 Å². The first-order valence-corrected chi connectivity index (χ1v) is 8.07. The zero-order chi connectivity index (χ0) is 16.2. The lowest BCUT2D eigenvalue weighted by Gasteiger charge is -2.32. The summed E-state index contributed by atoms with van der Waals surface area (Å²) in [6.07, 6.45) is 5.97. The van der Waals surface area contributed by atoms with E-state index in [2.05, 4.69) is 9.55 Å². The van der Waals surface area contributed by atoms with Crippen LogP contribution in [0.25, 0.3) is 11.3 Å². The Labute approximate surface area is 135 Å². The van der Waals surface area contributed by atoms with Crippen LogP contribution in [0.4, 0.5) is 0 Å². The van der Waals surface area contributed by atoms with Crippen molar-refractivity contribution >= 4 is 5.97 Å². The lowest BCUT2D eigenvalue weighted by molar-refractivity contribution is 0.0595. The Morgan fingerprint density at radius 2 is 2.04 bits per heavy atom. The minimum absolute atomic E-state index is 0.157. The average Bonchev–Trinajstić information content (AvgIpc) is 3.06. The van der Waals surface area contributed by atoms with Crippen LogP contribution in [-0.2, 0) is 4.74 Å². The fourth-order valence-electron chi connectivity index (χ4n) is 3.51. The van der Waals surface area contributed by atoms with Crippen LogP contribution in [0.3, 0.4) is 0 Å². The summed E-state index contributed by atoms with van der Waals surface area (Å²) in [6.45, 7) is 0.157. The first kappa shape index (κ1) is 15.7. The summed E-state index contributed by atoms with van der Waals surface area (Å²) in [6, 6.07) is 9.93.